The SMILES string of the molecule is CC(C)NCCS(=O)(=O)NCCc1cccc(F)c1. The van der Waals surface area contributed by atoms with E-state index in [1.54, 1.807) is 12.1 Å². The lowest BCUT2D eigenvalue weighted by Gasteiger charge is -2.09. The summed E-state index contributed by atoms with van der Waals surface area (Å²) in [5.74, 6) is -0.254. The Kier molecular flexibility index (Phi) is 6.41. The summed E-state index contributed by atoms with van der Waals surface area (Å²) in [6.07, 6.45) is 0.481. The zero-order valence-corrected chi connectivity index (χ0v) is 12.1. The summed E-state index contributed by atoms with van der Waals surface area (Å²) in [6, 6.07) is 6.44. The Hall–Kier alpha value is -0.980. The van der Waals surface area contributed by atoms with Crippen LogP contribution in [-0.4, -0.2) is 33.3 Å². The van der Waals surface area contributed by atoms with E-state index in [-0.39, 0.29) is 24.2 Å². The van der Waals surface area contributed by atoms with Gasteiger partial charge in [-0.3, -0.25) is 0 Å². The first-order chi connectivity index (χ1) is 8.89. The first-order valence-electron chi connectivity index (χ1n) is 6.34. The van der Waals surface area contributed by atoms with Crippen LogP contribution < -0.4 is 10.0 Å². The number of rotatable bonds is 8. The number of nitrogens with one attached hydrogen (secondary N) is 2. The van der Waals surface area contributed by atoms with Crippen molar-refractivity contribution >= 4 is 10.0 Å². The van der Waals surface area contributed by atoms with Gasteiger partial charge in [-0.2, -0.15) is 0 Å². The molecular formula is C13H21FN2O2S. The van der Waals surface area contributed by atoms with Crippen molar-refractivity contribution in [1.29, 1.82) is 0 Å². The third-order valence-electron chi connectivity index (χ3n) is 2.55. The van der Waals surface area contributed by atoms with Gasteiger partial charge in [-0.15, -0.1) is 0 Å². The van der Waals surface area contributed by atoms with Crippen LogP contribution in [0.5, 0.6) is 0 Å². The molecule has 0 saturated heterocycles. The van der Waals surface area contributed by atoms with Gasteiger partial charge in [-0.1, -0.05) is 26.0 Å². The van der Waals surface area contributed by atoms with Crippen molar-refractivity contribution < 1.29 is 12.8 Å². The Balaban J connectivity index is 2.31. The monoisotopic (exact) mass is 288 g/mol. The van der Waals surface area contributed by atoms with Crippen LogP contribution in [0, 0.1) is 5.82 Å². The van der Waals surface area contributed by atoms with Crippen molar-refractivity contribution in [2.24, 2.45) is 0 Å². The molecule has 2 N–H and O–H groups in total. The van der Waals surface area contributed by atoms with E-state index in [0.29, 0.717) is 13.0 Å². The van der Waals surface area contributed by atoms with Crippen molar-refractivity contribution in [3.05, 3.63) is 35.6 Å². The lowest BCUT2D eigenvalue weighted by atomic mass is 10.1. The largest absolute Gasteiger partial charge is 0.313 e. The summed E-state index contributed by atoms with van der Waals surface area (Å²) in [5.41, 5.74) is 0.781. The second kappa shape index (κ2) is 7.57. The third-order valence-corrected chi connectivity index (χ3v) is 3.93. The van der Waals surface area contributed by atoms with Gasteiger partial charge in [0.15, 0.2) is 0 Å². The maximum absolute atomic E-state index is 12.9. The average Bonchev–Trinajstić information content (AvgIpc) is 2.27. The minimum atomic E-state index is -3.26. The van der Waals surface area contributed by atoms with Gasteiger partial charge in [-0.25, -0.2) is 17.5 Å². The second-order valence-corrected chi connectivity index (χ2v) is 6.63. The zero-order valence-electron chi connectivity index (χ0n) is 11.3. The maximum Gasteiger partial charge on any atom is 0.212 e. The van der Waals surface area contributed by atoms with E-state index in [1.807, 2.05) is 13.8 Å². The van der Waals surface area contributed by atoms with Gasteiger partial charge in [0.25, 0.3) is 0 Å². The fraction of sp³-hybridized carbons (Fsp3) is 0.538. The second-order valence-electron chi connectivity index (χ2n) is 4.70. The van der Waals surface area contributed by atoms with E-state index in [9.17, 15) is 12.8 Å². The fourth-order valence-electron chi connectivity index (χ4n) is 1.60. The number of benzene rings is 1. The highest BCUT2D eigenvalue weighted by Gasteiger charge is 2.09. The van der Waals surface area contributed by atoms with Gasteiger partial charge in [0.2, 0.25) is 10.0 Å². The third kappa shape index (κ3) is 7.25. The lowest BCUT2D eigenvalue weighted by Crippen LogP contribution is -2.35. The van der Waals surface area contributed by atoms with Crippen molar-refractivity contribution in [3.8, 4) is 0 Å². The molecule has 0 aromatic heterocycles. The Morgan fingerprint density at radius 2 is 2.00 bits per heavy atom. The van der Waals surface area contributed by atoms with Gasteiger partial charge in [0.1, 0.15) is 5.82 Å². The predicted molar refractivity (Wildman–Crippen MR) is 75.0 cm³/mol. The molecule has 0 aliphatic rings. The maximum atomic E-state index is 12.9. The molecule has 0 atom stereocenters. The summed E-state index contributed by atoms with van der Waals surface area (Å²) < 4.78 is 38.7. The molecule has 0 radical (unpaired) electrons. The van der Waals surface area contributed by atoms with E-state index in [2.05, 4.69) is 10.0 Å². The molecule has 0 saturated carbocycles. The van der Waals surface area contributed by atoms with Gasteiger partial charge in [0, 0.05) is 19.1 Å². The van der Waals surface area contributed by atoms with Crippen LogP contribution in [0.1, 0.15) is 19.4 Å². The van der Waals surface area contributed by atoms with Gasteiger partial charge in [0.05, 0.1) is 5.75 Å². The van der Waals surface area contributed by atoms with E-state index < -0.39 is 10.0 Å². The summed E-state index contributed by atoms with van der Waals surface area (Å²) in [4.78, 5) is 0. The summed E-state index contributed by atoms with van der Waals surface area (Å²) in [5, 5.41) is 3.05. The van der Waals surface area contributed by atoms with E-state index in [4.69, 9.17) is 0 Å². The topological polar surface area (TPSA) is 58.2 Å². The Bertz CT molecular complexity index is 489. The molecule has 0 aliphatic heterocycles. The molecule has 0 heterocycles. The van der Waals surface area contributed by atoms with Crippen LogP contribution in [-0.2, 0) is 16.4 Å². The summed E-state index contributed by atoms with van der Waals surface area (Å²) in [6.45, 7) is 4.63. The lowest BCUT2D eigenvalue weighted by molar-refractivity contribution is 0.567. The van der Waals surface area contributed by atoms with Gasteiger partial charge < -0.3 is 5.32 Å². The molecule has 0 spiro atoms. The minimum Gasteiger partial charge on any atom is -0.313 e. The molecule has 0 bridgehead atoms. The van der Waals surface area contributed by atoms with E-state index >= 15 is 0 Å². The molecule has 0 unspecified atom stereocenters. The van der Waals surface area contributed by atoms with Crippen LogP contribution in [0.2, 0.25) is 0 Å². The predicted octanol–water partition coefficient (Wildman–Crippen LogP) is 1.29. The molecule has 0 aliphatic carbocycles. The van der Waals surface area contributed by atoms with Gasteiger partial charge in [-0.05, 0) is 24.1 Å². The molecule has 4 nitrogen and oxygen atoms in total. The van der Waals surface area contributed by atoms with Crippen LogP contribution in [0.25, 0.3) is 0 Å². The smallest absolute Gasteiger partial charge is 0.212 e. The first-order valence-corrected chi connectivity index (χ1v) is 7.99. The van der Waals surface area contributed by atoms with Gasteiger partial charge >= 0.3 is 0 Å². The first kappa shape index (κ1) is 16.1. The van der Waals surface area contributed by atoms with E-state index in [1.165, 1.54) is 12.1 Å². The van der Waals surface area contributed by atoms with Crippen LogP contribution >= 0.6 is 0 Å². The highest BCUT2D eigenvalue weighted by molar-refractivity contribution is 7.89. The standard InChI is InChI=1S/C13H21FN2O2S/c1-11(2)15-8-9-19(17,18)16-7-6-12-4-3-5-13(14)10-12/h3-5,10-11,15-16H,6-9H2,1-2H3. The highest BCUT2D eigenvalue weighted by Crippen LogP contribution is 2.03. The average molecular weight is 288 g/mol. The molecule has 0 fully saturated rings. The highest BCUT2D eigenvalue weighted by atomic mass is 32.2. The molecule has 0 amide bonds. The molecule has 19 heavy (non-hydrogen) atoms. The fourth-order valence-corrected chi connectivity index (χ4v) is 2.54. The number of hydrogen-bond acceptors (Lipinski definition) is 3. The minimum absolute atomic E-state index is 0.0499. The van der Waals surface area contributed by atoms with Crippen molar-refractivity contribution in [3.63, 3.8) is 0 Å². The zero-order chi connectivity index (χ0) is 14.3. The number of hydrogen-bond donors (Lipinski definition) is 2. The molecule has 6 heteroatoms. The Morgan fingerprint density at radius 3 is 2.63 bits per heavy atom. The number of sulfonamides is 1. The van der Waals surface area contributed by atoms with Crippen molar-refractivity contribution in [1.82, 2.24) is 10.0 Å². The van der Waals surface area contributed by atoms with Crippen LogP contribution in [0.3, 0.4) is 0 Å². The quantitative estimate of drug-likeness (QED) is 0.758. The molecule has 108 valence electrons. The van der Waals surface area contributed by atoms with Crippen LogP contribution in [0.15, 0.2) is 24.3 Å². The van der Waals surface area contributed by atoms with Crippen LogP contribution in [0.4, 0.5) is 4.39 Å². The summed E-state index contributed by atoms with van der Waals surface area (Å²) >= 11 is 0. The molecule has 1 aromatic rings. The molecular weight excluding hydrogens is 267 g/mol. The Labute approximate surface area is 114 Å². The van der Waals surface area contributed by atoms with Crippen molar-refractivity contribution in [2.75, 3.05) is 18.8 Å². The molecule has 1 rings (SSSR count). The van der Waals surface area contributed by atoms with E-state index in [0.717, 1.165) is 5.56 Å². The summed E-state index contributed by atoms with van der Waals surface area (Å²) in [7, 11) is -3.26. The van der Waals surface area contributed by atoms with Crippen molar-refractivity contribution in [2.45, 2.75) is 26.3 Å². The normalized spacial score (nSPS) is 12.0. The number of halogens is 1. The Morgan fingerprint density at radius 1 is 1.26 bits per heavy atom. The molecule has 1 aromatic carbocycles.